The monoisotopic (exact) mass is 291 g/mol. The molecule has 4 rings (SSSR count). The first-order valence-electron chi connectivity index (χ1n) is 7.01. The van der Waals surface area contributed by atoms with E-state index in [1.165, 1.54) is 0 Å². The molecule has 1 aliphatic heterocycles. The van der Waals surface area contributed by atoms with Crippen molar-refractivity contribution in [3.63, 3.8) is 0 Å². The van der Waals surface area contributed by atoms with Crippen molar-refractivity contribution in [3.05, 3.63) is 64.1 Å². The lowest BCUT2D eigenvalue weighted by Gasteiger charge is -2.17. The molecule has 0 atom stereocenters. The second-order valence-corrected chi connectivity index (χ2v) is 5.14. The SMILES string of the molecule is CON=C1CC2=c3c(nnnc3=NC=C3C=CC=CC=C32)C1. The number of hydrogen-bond donors (Lipinski definition) is 0. The summed E-state index contributed by atoms with van der Waals surface area (Å²) in [6, 6.07) is 0. The quantitative estimate of drug-likeness (QED) is 0.708. The second-order valence-electron chi connectivity index (χ2n) is 5.14. The molecular weight excluding hydrogens is 278 g/mol. The minimum Gasteiger partial charge on any atom is -0.399 e. The molecule has 108 valence electrons. The fourth-order valence-electron chi connectivity index (χ4n) is 2.92. The minimum absolute atomic E-state index is 0.610. The summed E-state index contributed by atoms with van der Waals surface area (Å²) in [5, 5.41) is 17.2. The lowest BCUT2D eigenvalue weighted by atomic mass is 9.87. The molecule has 1 aromatic heterocycles. The zero-order valence-corrected chi connectivity index (χ0v) is 12.0. The van der Waals surface area contributed by atoms with Crippen LogP contribution in [0.4, 0.5) is 0 Å². The highest BCUT2D eigenvalue weighted by Gasteiger charge is 2.24. The fraction of sp³-hybridized carbons (Fsp3) is 0.188. The number of fused-ring (bicyclic) bond motifs is 2. The predicted octanol–water partition coefficient (Wildman–Crippen LogP) is 0.540. The second kappa shape index (κ2) is 5.14. The van der Waals surface area contributed by atoms with Crippen LogP contribution < -0.4 is 10.7 Å². The van der Waals surface area contributed by atoms with Crippen LogP contribution >= 0.6 is 0 Å². The van der Waals surface area contributed by atoms with E-state index < -0.39 is 0 Å². The maximum atomic E-state index is 4.95. The van der Waals surface area contributed by atoms with Gasteiger partial charge in [0.05, 0.1) is 11.4 Å². The van der Waals surface area contributed by atoms with Crippen molar-refractivity contribution in [2.75, 3.05) is 7.11 Å². The maximum absolute atomic E-state index is 4.95. The molecule has 0 N–H and O–H groups in total. The Bertz CT molecular complexity index is 918. The van der Waals surface area contributed by atoms with Crippen LogP contribution in [0.1, 0.15) is 12.1 Å². The maximum Gasteiger partial charge on any atom is 0.185 e. The Morgan fingerprint density at radius 3 is 3.00 bits per heavy atom. The molecule has 2 aliphatic carbocycles. The molecule has 3 aliphatic rings. The largest absolute Gasteiger partial charge is 0.399 e. The Kier molecular flexibility index (Phi) is 3.00. The first-order valence-corrected chi connectivity index (χ1v) is 7.01. The lowest BCUT2D eigenvalue weighted by molar-refractivity contribution is 0.212. The van der Waals surface area contributed by atoms with Gasteiger partial charge in [0.15, 0.2) is 5.49 Å². The summed E-state index contributed by atoms with van der Waals surface area (Å²) in [6.45, 7) is 0. The number of hydrogen-bond acceptors (Lipinski definition) is 6. The van der Waals surface area contributed by atoms with E-state index in [2.05, 4.69) is 31.6 Å². The van der Waals surface area contributed by atoms with E-state index in [-0.39, 0.29) is 0 Å². The summed E-state index contributed by atoms with van der Waals surface area (Å²) in [5.74, 6) is 0. The molecule has 6 nitrogen and oxygen atoms in total. The van der Waals surface area contributed by atoms with Crippen molar-refractivity contribution >= 4 is 11.3 Å². The minimum atomic E-state index is 0.610. The van der Waals surface area contributed by atoms with Gasteiger partial charge in [-0.25, -0.2) is 4.99 Å². The van der Waals surface area contributed by atoms with Crippen molar-refractivity contribution in [2.24, 2.45) is 10.1 Å². The van der Waals surface area contributed by atoms with Gasteiger partial charge in [0.25, 0.3) is 0 Å². The van der Waals surface area contributed by atoms with Crippen molar-refractivity contribution in [3.8, 4) is 0 Å². The summed E-state index contributed by atoms with van der Waals surface area (Å²) in [7, 11) is 1.56. The van der Waals surface area contributed by atoms with Crippen LogP contribution in [0.5, 0.6) is 0 Å². The van der Waals surface area contributed by atoms with Crippen LogP contribution in [-0.4, -0.2) is 28.2 Å². The van der Waals surface area contributed by atoms with E-state index in [1.807, 2.05) is 30.5 Å². The van der Waals surface area contributed by atoms with Crippen molar-refractivity contribution < 1.29 is 4.84 Å². The normalized spacial score (nSPS) is 20.2. The van der Waals surface area contributed by atoms with Gasteiger partial charge in [-0.05, 0) is 16.4 Å². The average molecular weight is 291 g/mol. The third-order valence-electron chi connectivity index (χ3n) is 3.81. The standard InChI is InChI=1S/C16H13N5O/c1-22-20-11-7-13-12-6-4-2-3-5-10(12)9-17-16-15(13)14(8-11)18-21-19-16/h2-6,9H,7-8H2,1H3. The highest BCUT2D eigenvalue weighted by atomic mass is 16.6. The molecule has 0 saturated heterocycles. The average Bonchev–Trinajstić information content (AvgIpc) is 2.84. The summed E-state index contributed by atoms with van der Waals surface area (Å²) >= 11 is 0. The number of nitrogens with zero attached hydrogens (tertiary/aromatic N) is 5. The Morgan fingerprint density at radius 1 is 1.14 bits per heavy atom. The van der Waals surface area contributed by atoms with E-state index in [0.717, 1.165) is 33.3 Å². The molecule has 0 bridgehead atoms. The van der Waals surface area contributed by atoms with Crippen LogP contribution in [0, 0.1) is 0 Å². The van der Waals surface area contributed by atoms with Gasteiger partial charge in [0.1, 0.15) is 7.11 Å². The third kappa shape index (κ3) is 2.00. The lowest BCUT2D eigenvalue weighted by Crippen LogP contribution is -2.40. The molecule has 0 unspecified atom stereocenters. The summed E-state index contributed by atoms with van der Waals surface area (Å²) in [4.78, 5) is 9.44. The van der Waals surface area contributed by atoms with E-state index >= 15 is 0 Å². The van der Waals surface area contributed by atoms with Gasteiger partial charge in [-0.15, -0.1) is 10.2 Å². The fourth-order valence-corrected chi connectivity index (χ4v) is 2.92. The summed E-state index contributed by atoms with van der Waals surface area (Å²) < 4.78 is 0. The number of allylic oxidation sites excluding steroid dienone is 7. The van der Waals surface area contributed by atoms with Gasteiger partial charge in [0, 0.05) is 29.8 Å². The summed E-state index contributed by atoms with van der Waals surface area (Å²) in [5.41, 5.74) is 5.68. The molecule has 6 heteroatoms. The van der Waals surface area contributed by atoms with Gasteiger partial charge < -0.3 is 4.84 Å². The zero-order chi connectivity index (χ0) is 14.9. The Morgan fingerprint density at radius 2 is 2.09 bits per heavy atom. The van der Waals surface area contributed by atoms with Crippen LogP contribution in [0.15, 0.2) is 57.9 Å². The highest BCUT2D eigenvalue weighted by molar-refractivity contribution is 5.98. The first kappa shape index (κ1) is 12.8. The molecule has 0 aromatic carbocycles. The van der Waals surface area contributed by atoms with Gasteiger partial charge in [-0.2, -0.15) is 0 Å². The van der Waals surface area contributed by atoms with Gasteiger partial charge in [0.2, 0.25) is 0 Å². The molecule has 2 heterocycles. The van der Waals surface area contributed by atoms with Crippen molar-refractivity contribution in [1.29, 1.82) is 0 Å². The van der Waals surface area contributed by atoms with Crippen molar-refractivity contribution in [2.45, 2.75) is 12.8 Å². The number of aromatic nitrogens is 3. The van der Waals surface area contributed by atoms with E-state index in [9.17, 15) is 0 Å². The Hall–Kier alpha value is -2.89. The first-order chi connectivity index (χ1) is 10.9. The van der Waals surface area contributed by atoms with E-state index in [4.69, 9.17) is 4.84 Å². The number of oxime groups is 1. The molecule has 0 fully saturated rings. The Balaban J connectivity index is 2.06. The molecular formula is C16H13N5O. The molecule has 22 heavy (non-hydrogen) atoms. The van der Waals surface area contributed by atoms with E-state index in [0.29, 0.717) is 18.3 Å². The number of rotatable bonds is 1. The van der Waals surface area contributed by atoms with Crippen LogP contribution in [0.25, 0.3) is 5.57 Å². The van der Waals surface area contributed by atoms with Crippen LogP contribution in [0.3, 0.4) is 0 Å². The summed E-state index contributed by atoms with van der Waals surface area (Å²) in [6.07, 6.45) is 13.3. The highest BCUT2D eigenvalue weighted by Crippen LogP contribution is 2.28. The van der Waals surface area contributed by atoms with E-state index in [1.54, 1.807) is 7.11 Å². The predicted molar refractivity (Wildman–Crippen MR) is 81.2 cm³/mol. The zero-order valence-electron chi connectivity index (χ0n) is 12.0. The van der Waals surface area contributed by atoms with Gasteiger partial charge >= 0.3 is 0 Å². The van der Waals surface area contributed by atoms with Crippen molar-refractivity contribution in [1.82, 2.24) is 15.4 Å². The van der Waals surface area contributed by atoms with Crippen LogP contribution in [-0.2, 0) is 11.3 Å². The van der Waals surface area contributed by atoms with Gasteiger partial charge in [-0.3, -0.25) is 0 Å². The molecule has 0 amide bonds. The Labute approximate surface area is 126 Å². The molecule has 1 aromatic rings. The molecule has 0 saturated carbocycles. The molecule has 0 spiro atoms. The van der Waals surface area contributed by atoms with Crippen LogP contribution in [0.2, 0.25) is 0 Å². The topological polar surface area (TPSA) is 72.6 Å². The smallest absolute Gasteiger partial charge is 0.185 e. The third-order valence-corrected chi connectivity index (χ3v) is 3.81. The molecule has 0 radical (unpaired) electrons. The van der Waals surface area contributed by atoms with Gasteiger partial charge in [-0.1, -0.05) is 35.5 Å².